The number of pyridine rings is 1. The van der Waals surface area contributed by atoms with Crippen molar-refractivity contribution in [1.29, 1.82) is 0 Å². The molecular formula is C26H32ClN3O3. The molecule has 0 atom stereocenters. The Bertz CT molecular complexity index is 1140. The summed E-state index contributed by atoms with van der Waals surface area (Å²) in [5.74, 6) is -0.0772. The second kappa shape index (κ2) is 11.5. The molecule has 1 aliphatic heterocycles. The van der Waals surface area contributed by atoms with Crippen molar-refractivity contribution in [3.8, 4) is 11.1 Å². The molecule has 0 radical (unpaired) electrons. The van der Waals surface area contributed by atoms with E-state index in [0.29, 0.717) is 41.0 Å². The van der Waals surface area contributed by atoms with Crippen LogP contribution in [0.25, 0.3) is 22.0 Å². The minimum Gasteiger partial charge on any atom is -0.460 e. The van der Waals surface area contributed by atoms with E-state index in [9.17, 15) is 9.59 Å². The second-order valence-corrected chi connectivity index (χ2v) is 8.77. The van der Waals surface area contributed by atoms with Gasteiger partial charge in [-0.3, -0.25) is 4.79 Å². The molecule has 6 nitrogen and oxygen atoms in total. The van der Waals surface area contributed by atoms with Gasteiger partial charge in [0.05, 0.1) is 5.52 Å². The fourth-order valence-electron chi connectivity index (χ4n) is 4.28. The number of H-pyrrole nitrogens is 1. The fraction of sp³-hybridized carbons (Fsp3) is 0.385. The molecule has 0 amide bonds. The van der Waals surface area contributed by atoms with Crippen molar-refractivity contribution in [2.24, 2.45) is 5.92 Å². The number of fused-ring (bicyclic) bond motifs is 1. The normalized spacial score (nSPS) is 14.3. The number of hydrogen-bond donors (Lipinski definition) is 2. The van der Waals surface area contributed by atoms with Crippen LogP contribution in [0.1, 0.15) is 28.9 Å². The number of aromatic amines is 1. The number of benzene rings is 2. The zero-order chi connectivity index (χ0) is 22.5. The van der Waals surface area contributed by atoms with Crippen LogP contribution in [0.15, 0.2) is 53.3 Å². The number of nitrogens with one attached hydrogen (secondary N) is 2. The number of esters is 1. The quantitative estimate of drug-likeness (QED) is 0.514. The highest BCUT2D eigenvalue weighted by Gasteiger charge is 2.23. The van der Waals surface area contributed by atoms with E-state index in [0.717, 1.165) is 37.1 Å². The van der Waals surface area contributed by atoms with Gasteiger partial charge in [0.25, 0.3) is 0 Å². The molecule has 33 heavy (non-hydrogen) atoms. The molecule has 1 aliphatic rings. The van der Waals surface area contributed by atoms with E-state index < -0.39 is 5.97 Å². The number of carbonyl (C=O) groups excluding carboxylic acids is 1. The number of aromatic nitrogens is 1. The third kappa shape index (κ3) is 6.02. The first-order chi connectivity index (χ1) is 15.5. The van der Waals surface area contributed by atoms with Crippen LogP contribution < -0.4 is 10.7 Å². The van der Waals surface area contributed by atoms with Gasteiger partial charge in [0.2, 0.25) is 0 Å². The van der Waals surface area contributed by atoms with Gasteiger partial charge in [-0.25, -0.2) is 4.79 Å². The van der Waals surface area contributed by atoms with Gasteiger partial charge < -0.3 is 19.9 Å². The largest absolute Gasteiger partial charge is 0.460 e. The Morgan fingerprint density at radius 1 is 1.06 bits per heavy atom. The predicted octanol–water partition coefficient (Wildman–Crippen LogP) is 3.88. The summed E-state index contributed by atoms with van der Waals surface area (Å²) in [5, 5.41) is 3.97. The average Bonchev–Trinajstić information content (AvgIpc) is 2.81. The molecule has 0 aliphatic carbocycles. The maximum Gasteiger partial charge on any atom is 0.355 e. The average molecular weight is 470 g/mol. The molecule has 0 bridgehead atoms. The van der Waals surface area contributed by atoms with E-state index in [2.05, 4.69) is 10.3 Å². The van der Waals surface area contributed by atoms with Crippen LogP contribution in [0.3, 0.4) is 0 Å². The lowest BCUT2D eigenvalue weighted by atomic mass is 9.89. The number of hydrogen-bond acceptors (Lipinski definition) is 5. The Hall–Kier alpha value is -2.67. The van der Waals surface area contributed by atoms with Gasteiger partial charge >= 0.3 is 5.97 Å². The minimum atomic E-state index is -0.458. The van der Waals surface area contributed by atoms with Crippen molar-refractivity contribution < 1.29 is 9.53 Å². The van der Waals surface area contributed by atoms with Crippen molar-refractivity contribution in [2.45, 2.75) is 19.3 Å². The zero-order valence-corrected chi connectivity index (χ0v) is 20.0. The third-order valence-corrected chi connectivity index (χ3v) is 6.13. The van der Waals surface area contributed by atoms with Crippen molar-refractivity contribution in [3.05, 3.63) is 70.0 Å². The number of likely N-dealkylation sites (N-methyl/N-ethyl adjacent to an activating group) is 1. The van der Waals surface area contributed by atoms with Crippen LogP contribution in [0.4, 0.5) is 0 Å². The van der Waals surface area contributed by atoms with Crippen LogP contribution >= 0.6 is 12.4 Å². The molecule has 1 saturated heterocycles. The minimum absolute atomic E-state index is 0. The van der Waals surface area contributed by atoms with Gasteiger partial charge in [0.15, 0.2) is 5.43 Å². The summed E-state index contributed by atoms with van der Waals surface area (Å²) in [5.41, 5.74) is 3.48. The molecule has 7 heteroatoms. The first-order valence-electron chi connectivity index (χ1n) is 11.3. The Morgan fingerprint density at radius 3 is 2.48 bits per heavy atom. The van der Waals surface area contributed by atoms with Crippen molar-refractivity contribution in [1.82, 2.24) is 15.2 Å². The first-order valence-corrected chi connectivity index (χ1v) is 11.3. The first kappa shape index (κ1) is 25.0. The van der Waals surface area contributed by atoms with Crippen LogP contribution in [0.2, 0.25) is 0 Å². The van der Waals surface area contributed by atoms with Crippen LogP contribution in [-0.2, 0) is 11.2 Å². The van der Waals surface area contributed by atoms with Gasteiger partial charge in [-0.1, -0.05) is 36.4 Å². The van der Waals surface area contributed by atoms with Gasteiger partial charge in [-0.05, 0) is 75.6 Å². The number of nitrogens with zero attached hydrogens (tertiary/aromatic N) is 1. The summed E-state index contributed by atoms with van der Waals surface area (Å²) in [7, 11) is 3.86. The summed E-state index contributed by atoms with van der Waals surface area (Å²) in [6.07, 6.45) is 2.59. The number of ether oxygens (including phenoxy) is 1. The molecule has 0 saturated carbocycles. The lowest BCUT2D eigenvalue weighted by Crippen LogP contribution is -2.31. The third-order valence-electron chi connectivity index (χ3n) is 6.13. The molecule has 2 heterocycles. The SMILES string of the molecule is CN(C)CCOC(=O)c1[nH]c2cc(-c3ccccc3)ccc2c(=O)c1CC1CCNCC1.Cl. The maximum atomic E-state index is 13.5. The summed E-state index contributed by atoms with van der Waals surface area (Å²) >= 11 is 0. The fourth-order valence-corrected chi connectivity index (χ4v) is 4.28. The molecule has 3 aromatic rings. The van der Waals surface area contributed by atoms with Gasteiger partial charge in [-0.15, -0.1) is 12.4 Å². The van der Waals surface area contributed by atoms with Crippen LogP contribution in [0, 0.1) is 5.92 Å². The highest BCUT2D eigenvalue weighted by atomic mass is 35.5. The molecule has 0 spiro atoms. The Balaban J connectivity index is 0.00000306. The van der Waals surface area contributed by atoms with Gasteiger partial charge in [0.1, 0.15) is 12.3 Å². The number of rotatable bonds is 7. The lowest BCUT2D eigenvalue weighted by molar-refractivity contribution is 0.0473. The number of carbonyl (C=O) groups is 1. The highest BCUT2D eigenvalue weighted by Crippen LogP contribution is 2.25. The Morgan fingerprint density at radius 2 is 1.79 bits per heavy atom. The summed E-state index contributed by atoms with van der Waals surface area (Å²) < 4.78 is 5.52. The molecule has 2 aromatic carbocycles. The Labute approximate surface area is 200 Å². The molecule has 2 N–H and O–H groups in total. The molecule has 176 valence electrons. The molecule has 1 aromatic heterocycles. The summed E-state index contributed by atoms with van der Waals surface area (Å²) in [6, 6.07) is 15.8. The molecule has 4 rings (SSSR count). The molecule has 1 fully saturated rings. The summed E-state index contributed by atoms with van der Waals surface area (Å²) in [4.78, 5) is 31.7. The monoisotopic (exact) mass is 469 g/mol. The summed E-state index contributed by atoms with van der Waals surface area (Å²) in [6.45, 7) is 2.80. The lowest BCUT2D eigenvalue weighted by Gasteiger charge is -2.23. The molecular weight excluding hydrogens is 438 g/mol. The smallest absolute Gasteiger partial charge is 0.355 e. The number of piperidine rings is 1. The van der Waals surface area contributed by atoms with E-state index in [1.54, 1.807) is 0 Å². The van der Waals surface area contributed by atoms with Crippen molar-refractivity contribution >= 4 is 29.3 Å². The molecule has 0 unspecified atom stereocenters. The topological polar surface area (TPSA) is 74.4 Å². The van der Waals surface area contributed by atoms with Crippen LogP contribution in [0.5, 0.6) is 0 Å². The van der Waals surface area contributed by atoms with E-state index in [1.165, 1.54) is 0 Å². The van der Waals surface area contributed by atoms with Gasteiger partial charge in [-0.2, -0.15) is 0 Å². The standard InChI is InChI=1S/C26H31N3O3.ClH/c1-29(2)14-15-32-26(31)24-22(16-18-10-12-27-13-11-18)25(30)21-9-8-20(17-23(21)28-24)19-6-4-3-5-7-19;/h3-9,17-18,27H,10-16H2,1-2H3,(H,28,30);1H. The van der Waals surface area contributed by atoms with Crippen molar-refractivity contribution in [3.63, 3.8) is 0 Å². The highest BCUT2D eigenvalue weighted by molar-refractivity contribution is 5.94. The van der Waals surface area contributed by atoms with E-state index in [1.807, 2.05) is 67.5 Å². The van der Waals surface area contributed by atoms with Crippen LogP contribution in [-0.4, -0.2) is 56.2 Å². The van der Waals surface area contributed by atoms with E-state index in [-0.39, 0.29) is 24.4 Å². The maximum absolute atomic E-state index is 13.5. The van der Waals surface area contributed by atoms with Gasteiger partial charge in [0, 0.05) is 17.5 Å². The predicted molar refractivity (Wildman–Crippen MR) is 135 cm³/mol. The Kier molecular flexibility index (Phi) is 8.67. The van der Waals surface area contributed by atoms with E-state index >= 15 is 0 Å². The van der Waals surface area contributed by atoms with E-state index in [4.69, 9.17) is 4.74 Å². The number of halogens is 1. The second-order valence-electron chi connectivity index (χ2n) is 8.77. The van der Waals surface area contributed by atoms with Crippen molar-refractivity contribution in [2.75, 3.05) is 40.3 Å². The zero-order valence-electron chi connectivity index (χ0n) is 19.2.